The van der Waals surface area contributed by atoms with Crippen molar-refractivity contribution in [2.75, 3.05) is 20.0 Å². The Hall–Kier alpha value is -2.50. The Bertz CT molecular complexity index is 578. The molecule has 0 amide bonds. The lowest BCUT2D eigenvalue weighted by molar-refractivity contribution is 0.0602. The second-order valence-corrected chi connectivity index (χ2v) is 3.52. The molecule has 0 aliphatic carbocycles. The van der Waals surface area contributed by atoms with Crippen molar-refractivity contribution in [2.45, 2.75) is 0 Å². The molecule has 0 radical (unpaired) electrons. The summed E-state index contributed by atoms with van der Waals surface area (Å²) in [5, 5.41) is 4.07. The first-order valence-corrected chi connectivity index (χ1v) is 5.24. The van der Waals surface area contributed by atoms with Crippen molar-refractivity contribution in [3.63, 3.8) is 0 Å². The third kappa shape index (κ3) is 1.88. The molecule has 6 nitrogen and oxygen atoms in total. The minimum Gasteiger partial charge on any atom is -0.494 e. The third-order valence-electron chi connectivity index (χ3n) is 2.53. The molecule has 0 atom stereocenters. The Balaban J connectivity index is 2.52. The normalized spacial score (nSPS) is 10.1. The average Bonchev–Trinajstić information content (AvgIpc) is 2.79. The van der Waals surface area contributed by atoms with E-state index >= 15 is 0 Å². The lowest BCUT2D eigenvalue weighted by Gasteiger charge is -2.09. The summed E-state index contributed by atoms with van der Waals surface area (Å²) >= 11 is 0. The summed E-state index contributed by atoms with van der Waals surface area (Å²) < 4.78 is 11.3. The van der Waals surface area contributed by atoms with Crippen LogP contribution in [0.25, 0.3) is 5.69 Å². The fourth-order valence-electron chi connectivity index (χ4n) is 1.62. The van der Waals surface area contributed by atoms with E-state index in [4.69, 9.17) is 10.5 Å². The van der Waals surface area contributed by atoms with Crippen LogP contribution in [0.4, 0.5) is 5.82 Å². The molecule has 0 bridgehead atoms. The highest BCUT2D eigenvalue weighted by Crippen LogP contribution is 2.25. The maximum absolute atomic E-state index is 11.4. The zero-order valence-corrected chi connectivity index (χ0v) is 10.1. The minimum absolute atomic E-state index is 0.214. The van der Waals surface area contributed by atoms with Gasteiger partial charge >= 0.3 is 5.97 Å². The topological polar surface area (TPSA) is 79.4 Å². The molecule has 1 aromatic heterocycles. The Morgan fingerprint density at radius 2 is 2.06 bits per heavy atom. The molecule has 2 rings (SSSR count). The highest BCUT2D eigenvalue weighted by Gasteiger charge is 2.17. The Kier molecular flexibility index (Phi) is 3.18. The van der Waals surface area contributed by atoms with E-state index in [-0.39, 0.29) is 11.4 Å². The summed E-state index contributed by atoms with van der Waals surface area (Å²) in [7, 11) is 2.85. The molecule has 2 aromatic rings. The lowest BCUT2D eigenvalue weighted by atomic mass is 10.3. The molecule has 1 heterocycles. The van der Waals surface area contributed by atoms with Gasteiger partial charge in [-0.1, -0.05) is 12.1 Å². The van der Waals surface area contributed by atoms with Crippen molar-refractivity contribution in [3.8, 4) is 11.4 Å². The van der Waals surface area contributed by atoms with Gasteiger partial charge in [-0.3, -0.25) is 0 Å². The first-order valence-electron chi connectivity index (χ1n) is 5.24. The van der Waals surface area contributed by atoms with Gasteiger partial charge in [-0.15, -0.1) is 0 Å². The van der Waals surface area contributed by atoms with Crippen molar-refractivity contribution >= 4 is 11.8 Å². The molecule has 0 aliphatic rings. The van der Waals surface area contributed by atoms with E-state index in [1.165, 1.54) is 18.0 Å². The average molecular weight is 247 g/mol. The number of carbonyl (C=O) groups is 1. The Morgan fingerprint density at radius 3 is 2.72 bits per heavy atom. The number of nitrogens with zero attached hydrogens (tertiary/aromatic N) is 2. The number of hydrogen-bond acceptors (Lipinski definition) is 5. The number of nitrogen functional groups attached to an aromatic ring is 1. The standard InChI is InChI=1S/C12H13N3O3/c1-17-10-6-4-3-5-9(10)15-11(13)8(7-14-15)12(16)18-2/h3-7H,13H2,1-2H3. The molecule has 0 aliphatic heterocycles. The van der Waals surface area contributed by atoms with E-state index in [0.717, 1.165) is 0 Å². The molecular formula is C12H13N3O3. The molecule has 0 spiro atoms. The van der Waals surface area contributed by atoms with Gasteiger partial charge in [-0.25, -0.2) is 9.48 Å². The molecule has 0 saturated carbocycles. The van der Waals surface area contributed by atoms with Crippen LogP contribution in [-0.4, -0.2) is 30.0 Å². The van der Waals surface area contributed by atoms with Crippen LogP contribution in [0.1, 0.15) is 10.4 Å². The van der Waals surface area contributed by atoms with E-state index in [1.54, 1.807) is 19.2 Å². The van der Waals surface area contributed by atoms with Crippen LogP contribution in [0, 0.1) is 0 Å². The van der Waals surface area contributed by atoms with E-state index in [0.29, 0.717) is 11.4 Å². The zero-order chi connectivity index (χ0) is 13.1. The van der Waals surface area contributed by atoms with Gasteiger partial charge in [-0.05, 0) is 12.1 Å². The van der Waals surface area contributed by atoms with Gasteiger partial charge in [-0.2, -0.15) is 5.10 Å². The smallest absolute Gasteiger partial charge is 0.343 e. The molecular weight excluding hydrogens is 234 g/mol. The predicted molar refractivity (Wildman–Crippen MR) is 65.9 cm³/mol. The summed E-state index contributed by atoms with van der Waals surface area (Å²) in [5.41, 5.74) is 6.76. The van der Waals surface area contributed by atoms with Gasteiger partial charge in [0.25, 0.3) is 0 Å². The van der Waals surface area contributed by atoms with E-state index in [2.05, 4.69) is 9.84 Å². The van der Waals surface area contributed by atoms with Crippen molar-refractivity contribution in [1.82, 2.24) is 9.78 Å². The number of ether oxygens (including phenoxy) is 2. The van der Waals surface area contributed by atoms with Crippen LogP contribution in [0.3, 0.4) is 0 Å². The van der Waals surface area contributed by atoms with Gasteiger partial charge in [0, 0.05) is 0 Å². The van der Waals surface area contributed by atoms with Crippen molar-refractivity contribution < 1.29 is 14.3 Å². The Labute approximate surface area is 104 Å². The summed E-state index contributed by atoms with van der Waals surface area (Å²) in [6.45, 7) is 0. The number of carbonyl (C=O) groups excluding carboxylic acids is 1. The van der Waals surface area contributed by atoms with Crippen LogP contribution in [-0.2, 0) is 4.74 Å². The number of anilines is 1. The number of hydrogen-bond donors (Lipinski definition) is 1. The van der Waals surface area contributed by atoms with Gasteiger partial charge in [0.2, 0.25) is 0 Å². The van der Waals surface area contributed by atoms with E-state index in [9.17, 15) is 4.79 Å². The molecule has 6 heteroatoms. The Morgan fingerprint density at radius 1 is 1.33 bits per heavy atom. The maximum Gasteiger partial charge on any atom is 0.343 e. The highest BCUT2D eigenvalue weighted by molar-refractivity contribution is 5.94. The van der Waals surface area contributed by atoms with E-state index in [1.807, 2.05) is 12.1 Å². The number of aromatic nitrogens is 2. The lowest BCUT2D eigenvalue weighted by Crippen LogP contribution is -2.08. The number of para-hydroxylation sites is 2. The quantitative estimate of drug-likeness (QED) is 0.826. The molecule has 18 heavy (non-hydrogen) atoms. The highest BCUT2D eigenvalue weighted by atomic mass is 16.5. The molecule has 0 saturated heterocycles. The fourth-order valence-corrected chi connectivity index (χ4v) is 1.62. The predicted octanol–water partition coefficient (Wildman–Crippen LogP) is 1.25. The molecule has 0 fully saturated rings. The second-order valence-electron chi connectivity index (χ2n) is 3.52. The number of benzene rings is 1. The fraction of sp³-hybridized carbons (Fsp3) is 0.167. The van der Waals surface area contributed by atoms with Crippen LogP contribution in [0.15, 0.2) is 30.5 Å². The maximum atomic E-state index is 11.4. The number of nitrogens with two attached hydrogens (primary N) is 1. The second kappa shape index (κ2) is 4.79. The van der Waals surface area contributed by atoms with Crippen LogP contribution < -0.4 is 10.5 Å². The molecule has 1 aromatic carbocycles. The SMILES string of the molecule is COC(=O)c1cnn(-c2ccccc2OC)c1N. The van der Waals surface area contributed by atoms with Crippen LogP contribution in [0.5, 0.6) is 5.75 Å². The number of esters is 1. The number of methoxy groups -OCH3 is 2. The van der Waals surface area contributed by atoms with Crippen LogP contribution in [0.2, 0.25) is 0 Å². The van der Waals surface area contributed by atoms with Gasteiger partial charge in [0.05, 0.1) is 20.4 Å². The molecule has 94 valence electrons. The van der Waals surface area contributed by atoms with E-state index < -0.39 is 5.97 Å². The first kappa shape index (κ1) is 12.0. The molecule has 0 unspecified atom stereocenters. The molecule has 2 N–H and O–H groups in total. The van der Waals surface area contributed by atoms with Gasteiger partial charge in [0.1, 0.15) is 22.8 Å². The first-order chi connectivity index (χ1) is 8.69. The largest absolute Gasteiger partial charge is 0.494 e. The summed E-state index contributed by atoms with van der Waals surface area (Å²) in [4.78, 5) is 11.4. The van der Waals surface area contributed by atoms with Crippen LogP contribution >= 0.6 is 0 Å². The summed E-state index contributed by atoms with van der Waals surface area (Å²) in [6, 6.07) is 7.25. The zero-order valence-electron chi connectivity index (χ0n) is 10.1. The van der Waals surface area contributed by atoms with Gasteiger partial charge < -0.3 is 15.2 Å². The minimum atomic E-state index is -0.520. The summed E-state index contributed by atoms with van der Waals surface area (Å²) in [5.74, 6) is 0.309. The number of rotatable bonds is 3. The van der Waals surface area contributed by atoms with Crippen molar-refractivity contribution in [1.29, 1.82) is 0 Å². The van der Waals surface area contributed by atoms with Crippen molar-refractivity contribution in [2.24, 2.45) is 0 Å². The summed E-state index contributed by atoms with van der Waals surface area (Å²) in [6.07, 6.45) is 1.37. The third-order valence-corrected chi connectivity index (χ3v) is 2.53. The monoisotopic (exact) mass is 247 g/mol. The van der Waals surface area contributed by atoms with Gasteiger partial charge in [0.15, 0.2) is 0 Å². The van der Waals surface area contributed by atoms with Crippen molar-refractivity contribution in [3.05, 3.63) is 36.0 Å².